The van der Waals surface area contributed by atoms with Crippen LogP contribution in [0.2, 0.25) is 0 Å². The first-order chi connectivity index (χ1) is 7.47. The Bertz CT molecular complexity index is 538. The van der Waals surface area contributed by atoms with Crippen LogP contribution in [0, 0.1) is 0 Å². The molecule has 0 aliphatic rings. The number of benzene rings is 1. The van der Waals surface area contributed by atoms with Crippen molar-refractivity contribution < 1.29 is 13.2 Å². The second-order valence-corrected chi connectivity index (χ2v) is 3.10. The molecule has 2 rings (SSSR count). The smallest absolute Gasteiger partial charge is 0.289 e. The molecule has 4 nitrogen and oxygen atoms in total. The lowest BCUT2D eigenvalue weighted by Crippen LogP contribution is -2.04. The van der Waals surface area contributed by atoms with Gasteiger partial charge in [0.25, 0.3) is 0 Å². The van der Waals surface area contributed by atoms with Crippen molar-refractivity contribution in [3.8, 4) is 11.4 Å². The molecule has 1 aromatic heterocycles. The monoisotopic (exact) mass is 229 g/mol. The predicted octanol–water partition coefficient (Wildman–Crippen LogP) is 1.78. The Morgan fingerprint density at radius 1 is 1.12 bits per heavy atom. The molecule has 2 N–H and O–H groups in total. The van der Waals surface area contributed by atoms with Crippen LogP contribution in [0.15, 0.2) is 29.1 Å². The van der Waals surface area contributed by atoms with Crippen LogP contribution in [0.25, 0.3) is 11.4 Å². The molecule has 0 aliphatic carbocycles. The van der Waals surface area contributed by atoms with Gasteiger partial charge < -0.3 is 0 Å². The molecule has 0 unspecified atom stereocenters. The molecule has 0 fully saturated rings. The standard InChI is InChI=1S/C9H6F3N3O/c10-9(11,12)6-3-1-5(2-4-6)7-13-8(16)15-14-7/h1-4H,(H2,13,14,15,16). The van der Waals surface area contributed by atoms with Gasteiger partial charge >= 0.3 is 11.9 Å². The fourth-order valence-corrected chi connectivity index (χ4v) is 1.22. The summed E-state index contributed by atoms with van der Waals surface area (Å²) < 4.78 is 36.7. The number of alkyl halides is 3. The van der Waals surface area contributed by atoms with Gasteiger partial charge in [-0.3, -0.25) is 4.98 Å². The zero-order valence-corrected chi connectivity index (χ0v) is 7.80. The Labute approximate surface area is 87.1 Å². The highest BCUT2D eigenvalue weighted by atomic mass is 19.4. The van der Waals surface area contributed by atoms with Gasteiger partial charge in [0.2, 0.25) is 0 Å². The quantitative estimate of drug-likeness (QED) is 0.782. The molecule has 0 saturated heterocycles. The summed E-state index contributed by atoms with van der Waals surface area (Å²) in [5.74, 6) is 0.207. The molecular formula is C9H6F3N3O. The number of halogens is 3. The lowest BCUT2D eigenvalue weighted by Gasteiger charge is -2.06. The maximum absolute atomic E-state index is 12.2. The third-order valence-electron chi connectivity index (χ3n) is 1.99. The third-order valence-corrected chi connectivity index (χ3v) is 1.99. The number of H-pyrrole nitrogens is 2. The Kier molecular flexibility index (Phi) is 2.30. The molecule has 0 amide bonds. The second kappa shape index (κ2) is 3.51. The van der Waals surface area contributed by atoms with Crippen LogP contribution in [0.1, 0.15) is 5.56 Å². The summed E-state index contributed by atoms with van der Waals surface area (Å²) in [7, 11) is 0. The minimum Gasteiger partial charge on any atom is -0.289 e. The van der Waals surface area contributed by atoms with Crippen LogP contribution < -0.4 is 5.69 Å². The Morgan fingerprint density at radius 2 is 1.75 bits per heavy atom. The molecule has 7 heteroatoms. The first kappa shape index (κ1) is 10.5. The van der Waals surface area contributed by atoms with Crippen LogP contribution in [0.3, 0.4) is 0 Å². The van der Waals surface area contributed by atoms with E-state index >= 15 is 0 Å². The number of hydrogen-bond donors (Lipinski definition) is 2. The van der Waals surface area contributed by atoms with Crippen LogP contribution in [-0.4, -0.2) is 15.2 Å². The van der Waals surface area contributed by atoms with E-state index in [9.17, 15) is 18.0 Å². The molecule has 0 aliphatic heterocycles. The van der Waals surface area contributed by atoms with E-state index in [0.29, 0.717) is 5.56 Å². The van der Waals surface area contributed by atoms with Gasteiger partial charge in [0, 0.05) is 5.56 Å². The number of hydrogen-bond acceptors (Lipinski definition) is 2. The molecule has 0 bridgehead atoms. The summed E-state index contributed by atoms with van der Waals surface area (Å²) in [4.78, 5) is 13.1. The van der Waals surface area contributed by atoms with E-state index in [-0.39, 0.29) is 5.82 Å². The normalized spacial score (nSPS) is 11.7. The fraction of sp³-hybridized carbons (Fsp3) is 0.111. The zero-order valence-electron chi connectivity index (χ0n) is 7.80. The van der Waals surface area contributed by atoms with E-state index in [0.717, 1.165) is 12.1 Å². The molecule has 84 valence electrons. The van der Waals surface area contributed by atoms with Crippen molar-refractivity contribution in [2.45, 2.75) is 6.18 Å². The predicted molar refractivity (Wildman–Crippen MR) is 49.6 cm³/mol. The van der Waals surface area contributed by atoms with Crippen molar-refractivity contribution in [2.75, 3.05) is 0 Å². The summed E-state index contributed by atoms with van der Waals surface area (Å²) in [6.07, 6.45) is -4.36. The van der Waals surface area contributed by atoms with Gasteiger partial charge in [0.1, 0.15) is 0 Å². The van der Waals surface area contributed by atoms with Gasteiger partial charge in [-0.15, -0.1) is 0 Å². The zero-order chi connectivity index (χ0) is 11.8. The summed E-state index contributed by atoms with van der Waals surface area (Å²) in [5.41, 5.74) is -0.838. The average molecular weight is 229 g/mol. The van der Waals surface area contributed by atoms with Gasteiger partial charge in [-0.1, -0.05) is 12.1 Å². The largest absolute Gasteiger partial charge is 0.416 e. The lowest BCUT2D eigenvalue weighted by atomic mass is 10.1. The summed E-state index contributed by atoms with van der Waals surface area (Å²) in [5, 5.41) is 5.73. The Balaban J connectivity index is 2.36. The molecule has 0 saturated carbocycles. The maximum Gasteiger partial charge on any atom is 0.416 e. The van der Waals surface area contributed by atoms with Crippen molar-refractivity contribution in [2.24, 2.45) is 0 Å². The molecule has 1 heterocycles. The topological polar surface area (TPSA) is 61.5 Å². The van der Waals surface area contributed by atoms with Gasteiger partial charge in [-0.2, -0.15) is 18.3 Å². The fourth-order valence-electron chi connectivity index (χ4n) is 1.22. The van der Waals surface area contributed by atoms with E-state index in [1.807, 2.05) is 0 Å². The van der Waals surface area contributed by atoms with Gasteiger partial charge in [0.05, 0.1) is 5.56 Å². The highest BCUT2D eigenvalue weighted by molar-refractivity contribution is 5.54. The van der Waals surface area contributed by atoms with Gasteiger partial charge in [0.15, 0.2) is 5.82 Å². The summed E-state index contributed by atoms with van der Waals surface area (Å²) >= 11 is 0. The lowest BCUT2D eigenvalue weighted by molar-refractivity contribution is -0.137. The second-order valence-electron chi connectivity index (χ2n) is 3.10. The highest BCUT2D eigenvalue weighted by Crippen LogP contribution is 2.30. The number of rotatable bonds is 1. The molecule has 16 heavy (non-hydrogen) atoms. The van der Waals surface area contributed by atoms with Crippen LogP contribution in [0.5, 0.6) is 0 Å². The molecule has 1 aromatic carbocycles. The molecular weight excluding hydrogens is 223 g/mol. The molecule has 0 atom stereocenters. The van der Waals surface area contributed by atoms with E-state index in [1.165, 1.54) is 12.1 Å². The number of nitrogens with zero attached hydrogens (tertiary/aromatic N) is 1. The summed E-state index contributed by atoms with van der Waals surface area (Å²) in [6, 6.07) is 4.36. The minimum atomic E-state index is -4.36. The van der Waals surface area contributed by atoms with Crippen molar-refractivity contribution in [1.29, 1.82) is 0 Å². The number of nitrogens with one attached hydrogen (secondary N) is 2. The van der Waals surface area contributed by atoms with E-state index < -0.39 is 17.4 Å². The van der Waals surface area contributed by atoms with Crippen molar-refractivity contribution in [3.63, 3.8) is 0 Å². The molecule has 0 radical (unpaired) electrons. The molecule has 0 spiro atoms. The van der Waals surface area contributed by atoms with Gasteiger partial charge in [-0.25, -0.2) is 9.89 Å². The van der Waals surface area contributed by atoms with Crippen LogP contribution in [0.4, 0.5) is 13.2 Å². The van der Waals surface area contributed by atoms with E-state index in [2.05, 4.69) is 15.2 Å². The highest BCUT2D eigenvalue weighted by Gasteiger charge is 2.30. The number of aromatic nitrogens is 3. The van der Waals surface area contributed by atoms with Crippen molar-refractivity contribution >= 4 is 0 Å². The SMILES string of the molecule is O=c1[nH]nc(-c2ccc(C(F)(F)F)cc2)[nH]1. The van der Waals surface area contributed by atoms with E-state index in [4.69, 9.17) is 0 Å². The minimum absolute atomic E-state index is 0.207. The third kappa shape index (κ3) is 1.97. The Hall–Kier alpha value is -2.05. The van der Waals surface area contributed by atoms with Crippen molar-refractivity contribution in [1.82, 2.24) is 15.2 Å². The van der Waals surface area contributed by atoms with Gasteiger partial charge in [-0.05, 0) is 12.1 Å². The van der Waals surface area contributed by atoms with Crippen LogP contribution in [-0.2, 0) is 6.18 Å². The van der Waals surface area contributed by atoms with Crippen LogP contribution >= 0.6 is 0 Å². The maximum atomic E-state index is 12.2. The first-order valence-electron chi connectivity index (χ1n) is 4.29. The van der Waals surface area contributed by atoms with E-state index in [1.54, 1.807) is 0 Å². The Morgan fingerprint density at radius 3 is 2.19 bits per heavy atom. The first-order valence-corrected chi connectivity index (χ1v) is 4.29. The number of aromatic amines is 2. The van der Waals surface area contributed by atoms with Crippen molar-refractivity contribution in [3.05, 3.63) is 40.3 Å². The summed E-state index contributed by atoms with van der Waals surface area (Å²) in [6.45, 7) is 0. The average Bonchev–Trinajstić information content (AvgIpc) is 2.64. The molecule has 2 aromatic rings.